The average molecular weight is 294 g/mol. The zero-order chi connectivity index (χ0) is 14.5. The molecule has 0 aliphatic carbocycles. The van der Waals surface area contributed by atoms with E-state index in [0.29, 0.717) is 10.8 Å². The van der Waals surface area contributed by atoms with E-state index in [1.54, 1.807) is 31.2 Å². The molecule has 0 aliphatic rings. The number of rotatable bonds is 3. The van der Waals surface area contributed by atoms with Crippen LogP contribution in [0.25, 0.3) is 0 Å². The van der Waals surface area contributed by atoms with E-state index in [1.807, 2.05) is 0 Å². The number of carbonyl (C=O) groups is 2. The Morgan fingerprint density at radius 3 is 2.70 bits per heavy atom. The van der Waals surface area contributed by atoms with E-state index < -0.39 is 11.8 Å². The first-order chi connectivity index (χ1) is 9.56. The molecule has 20 heavy (non-hydrogen) atoms. The number of anilines is 1. The predicted octanol–water partition coefficient (Wildman–Crippen LogP) is 1.89. The summed E-state index contributed by atoms with van der Waals surface area (Å²) in [6.45, 7) is 1.85. The lowest BCUT2D eigenvalue weighted by Crippen LogP contribution is -2.35. The number of carbonyl (C=O) groups excluding carboxylic acids is 2. The molecule has 0 fully saturated rings. The van der Waals surface area contributed by atoms with Gasteiger partial charge in [-0.1, -0.05) is 35.0 Å². The molecule has 2 aromatic rings. The highest BCUT2D eigenvalue weighted by Gasteiger charge is 2.15. The summed E-state index contributed by atoms with van der Waals surface area (Å²) in [7, 11) is 0. The van der Waals surface area contributed by atoms with Gasteiger partial charge in [0.25, 0.3) is 0 Å². The molecule has 1 heterocycles. The maximum atomic E-state index is 11.6. The minimum Gasteiger partial charge on any atom is -0.360 e. The molecule has 6 nitrogen and oxygen atoms in total. The molecular formula is C13H12ClN3O3. The molecule has 2 rings (SSSR count). The van der Waals surface area contributed by atoms with Gasteiger partial charge in [0.2, 0.25) is 0 Å². The molecule has 0 bridgehead atoms. The van der Waals surface area contributed by atoms with Gasteiger partial charge < -0.3 is 9.84 Å². The Labute approximate surface area is 120 Å². The van der Waals surface area contributed by atoms with Crippen LogP contribution in [0.4, 0.5) is 5.82 Å². The first kappa shape index (κ1) is 14.1. The molecule has 0 atom stereocenters. The summed E-state index contributed by atoms with van der Waals surface area (Å²) in [6.07, 6.45) is 0. The summed E-state index contributed by atoms with van der Waals surface area (Å²) < 4.78 is 4.78. The van der Waals surface area contributed by atoms with Crippen molar-refractivity contribution >= 4 is 29.2 Å². The number of hydrogen-bond donors (Lipinski definition) is 2. The molecule has 0 saturated carbocycles. The first-order valence-electron chi connectivity index (χ1n) is 5.82. The third-order valence-corrected chi connectivity index (χ3v) is 2.84. The van der Waals surface area contributed by atoms with Gasteiger partial charge in [-0.05, 0) is 18.6 Å². The summed E-state index contributed by atoms with van der Waals surface area (Å²) in [5.74, 6) is -0.854. The van der Waals surface area contributed by atoms with Gasteiger partial charge in [0.1, 0.15) is 5.76 Å². The standard InChI is InChI=1S/C13H12ClN3O3/c1-8-6-11(17-20-8)16-13(19)12(18)15-7-9-4-2-3-5-10(9)14/h2-6H,7H2,1H3,(H,15,18)(H,16,17,19). The maximum absolute atomic E-state index is 11.6. The molecular weight excluding hydrogens is 282 g/mol. The number of benzene rings is 1. The Morgan fingerprint density at radius 1 is 1.30 bits per heavy atom. The molecule has 2 N–H and O–H groups in total. The van der Waals surface area contributed by atoms with Crippen molar-refractivity contribution in [2.45, 2.75) is 13.5 Å². The fourth-order valence-corrected chi connectivity index (χ4v) is 1.70. The van der Waals surface area contributed by atoms with Crippen LogP contribution in [-0.4, -0.2) is 17.0 Å². The van der Waals surface area contributed by atoms with Gasteiger partial charge >= 0.3 is 11.8 Å². The molecule has 1 aromatic heterocycles. The third-order valence-electron chi connectivity index (χ3n) is 2.47. The molecule has 0 aliphatic heterocycles. The van der Waals surface area contributed by atoms with Crippen LogP contribution in [0.1, 0.15) is 11.3 Å². The van der Waals surface area contributed by atoms with Crippen LogP contribution in [-0.2, 0) is 16.1 Å². The monoisotopic (exact) mass is 293 g/mol. The maximum Gasteiger partial charge on any atom is 0.314 e. The summed E-state index contributed by atoms with van der Waals surface area (Å²) in [5, 5.41) is 8.89. The van der Waals surface area contributed by atoms with E-state index in [2.05, 4.69) is 15.8 Å². The Hall–Kier alpha value is -2.34. The number of hydrogen-bond acceptors (Lipinski definition) is 4. The van der Waals surface area contributed by atoms with Crippen molar-refractivity contribution in [2.24, 2.45) is 0 Å². The van der Waals surface area contributed by atoms with Gasteiger partial charge in [-0.15, -0.1) is 0 Å². The minimum atomic E-state index is -0.814. The van der Waals surface area contributed by atoms with Crippen LogP contribution in [0.15, 0.2) is 34.9 Å². The second kappa shape index (κ2) is 6.21. The SMILES string of the molecule is Cc1cc(NC(=O)C(=O)NCc2ccccc2Cl)no1. The Bertz CT molecular complexity index is 639. The lowest BCUT2D eigenvalue weighted by Gasteiger charge is -2.06. The zero-order valence-corrected chi connectivity index (χ0v) is 11.4. The predicted molar refractivity (Wildman–Crippen MR) is 73.2 cm³/mol. The normalized spacial score (nSPS) is 10.1. The van der Waals surface area contributed by atoms with E-state index in [9.17, 15) is 9.59 Å². The van der Waals surface area contributed by atoms with Gasteiger partial charge in [0.05, 0.1) is 0 Å². The molecule has 0 saturated heterocycles. The third kappa shape index (κ3) is 3.58. The van der Waals surface area contributed by atoms with Crippen molar-refractivity contribution in [1.29, 1.82) is 0 Å². The Morgan fingerprint density at radius 2 is 2.05 bits per heavy atom. The fraction of sp³-hybridized carbons (Fsp3) is 0.154. The molecule has 0 spiro atoms. The van der Waals surface area contributed by atoms with E-state index in [1.165, 1.54) is 6.07 Å². The second-order valence-corrected chi connectivity index (χ2v) is 4.46. The highest BCUT2D eigenvalue weighted by atomic mass is 35.5. The second-order valence-electron chi connectivity index (χ2n) is 4.05. The number of nitrogens with one attached hydrogen (secondary N) is 2. The van der Waals surface area contributed by atoms with Crippen LogP contribution in [0.5, 0.6) is 0 Å². The Balaban J connectivity index is 1.88. The largest absolute Gasteiger partial charge is 0.360 e. The van der Waals surface area contributed by atoms with E-state index in [4.69, 9.17) is 16.1 Å². The van der Waals surface area contributed by atoms with Gasteiger partial charge in [0, 0.05) is 17.6 Å². The summed E-state index contributed by atoms with van der Waals surface area (Å²) in [6, 6.07) is 8.57. The van der Waals surface area contributed by atoms with Gasteiger partial charge in [-0.25, -0.2) is 0 Å². The average Bonchev–Trinajstić information content (AvgIpc) is 2.82. The van der Waals surface area contributed by atoms with E-state index in [-0.39, 0.29) is 12.4 Å². The van der Waals surface area contributed by atoms with Crippen molar-refractivity contribution in [1.82, 2.24) is 10.5 Å². The number of aryl methyl sites for hydroxylation is 1. The molecule has 2 amide bonds. The summed E-state index contributed by atoms with van der Waals surface area (Å²) in [5.41, 5.74) is 0.729. The van der Waals surface area contributed by atoms with Crippen LogP contribution in [0.2, 0.25) is 5.02 Å². The quantitative estimate of drug-likeness (QED) is 0.846. The van der Waals surface area contributed by atoms with Crippen molar-refractivity contribution < 1.29 is 14.1 Å². The van der Waals surface area contributed by atoms with Crippen molar-refractivity contribution in [2.75, 3.05) is 5.32 Å². The smallest absolute Gasteiger partial charge is 0.314 e. The van der Waals surface area contributed by atoms with E-state index in [0.717, 1.165) is 5.56 Å². The molecule has 104 valence electrons. The van der Waals surface area contributed by atoms with Crippen molar-refractivity contribution in [3.63, 3.8) is 0 Å². The van der Waals surface area contributed by atoms with Crippen LogP contribution >= 0.6 is 11.6 Å². The van der Waals surface area contributed by atoms with Gasteiger partial charge in [-0.3, -0.25) is 14.9 Å². The highest BCUT2D eigenvalue weighted by Crippen LogP contribution is 2.14. The number of amides is 2. The van der Waals surface area contributed by atoms with Crippen LogP contribution in [0, 0.1) is 6.92 Å². The topological polar surface area (TPSA) is 84.2 Å². The summed E-state index contributed by atoms with van der Waals surface area (Å²) in [4.78, 5) is 23.2. The number of aromatic nitrogens is 1. The fourth-order valence-electron chi connectivity index (χ4n) is 1.50. The highest BCUT2D eigenvalue weighted by molar-refractivity contribution is 6.39. The lowest BCUT2D eigenvalue weighted by molar-refractivity contribution is -0.136. The van der Waals surface area contributed by atoms with E-state index >= 15 is 0 Å². The molecule has 7 heteroatoms. The summed E-state index contributed by atoms with van der Waals surface area (Å²) >= 11 is 5.95. The Kier molecular flexibility index (Phi) is 4.37. The lowest BCUT2D eigenvalue weighted by atomic mass is 10.2. The number of halogens is 1. The minimum absolute atomic E-state index is 0.170. The van der Waals surface area contributed by atoms with Crippen molar-refractivity contribution in [3.05, 3.63) is 46.7 Å². The van der Waals surface area contributed by atoms with Gasteiger partial charge in [0.15, 0.2) is 5.82 Å². The zero-order valence-electron chi connectivity index (χ0n) is 10.6. The van der Waals surface area contributed by atoms with Crippen molar-refractivity contribution in [3.8, 4) is 0 Å². The molecule has 0 radical (unpaired) electrons. The van der Waals surface area contributed by atoms with Crippen LogP contribution in [0.3, 0.4) is 0 Å². The molecule has 0 unspecified atom stereocenters. The number of nitrogens with zero attached hydrogens (tertiary/aromatic N) is 1. The molecule has 1 aromatic carbocycles. The van der Waals surface area contributed by atoms with Crippen LogP contribution < -0.4 is 10.6 Å². The first-order valence-corrected chi connectivity index (χ1v) is 6.20. The van der Waals surface area contributed by atoms with Gasteiger partial charge in [-0.2, -0.15) is 0 Å².